The standard InChI is InChI=1S/C6H2N4O6/c7-8-2-1-3(9(13)14)6(12)4(5(2)11)10(15)16/h1H,(H-,11,12)/p-1. The van der Waals surface area contributed by atoms with Gasteiger partial charge in [0, 0.05) is 0 Å². The van der Waals surface area contributed by atoms with Crippen molar-refractivity contribution in [1.29, 1.82) is 5.39 Å². The van der Waals surface area contributed by atoms with Crippen LogP contribution in [0.1, 0.15) is 0 Å². The monoisotopic (exact) mass is 225 g/mol. The molecule has 0 unspecified atom stereocenters. The van der Waals surface area contributed by atoms with E-state index in [0.717, 1.165) is 0 Å². The van der Waals surface area contributed by atoms with E-state index in [-0.39, 0.29) is 0 Å². The normalized spacial score (nSPS) is 9.44. The second-order valence-electron chi connectivity index (χ2n) is 2.54. The molecule has 16 heavy (non-hydrogen) atoms. The summed E-state index contributed by atoms with van der Waals surface area (Å²) in [7, 11) is 0. The van der Waals surface area contributed by atoms with Crippen molar-refractivity contribution < 1.29 is 20.1 Å². The molecule has 0 bridgehead atoms. The number of nitro benzene ring substituents is 2. The van der Waals surface area contributed by atoms with E-state index in [1.54, 1.807) is 0 Å². The average Bonchev–Trinajstić information content (AvgIpc) is 2.16. The van der Waals surface area contributed by atoms with Crippen molar-refractivity contribution in [3.63, 3.8) is 0 Å². The fraction of sp³-hybridized carbons (Fsp3) is 0. The lowest BCUT2D eigenvalue weighted by atomic mass is 10.2. The Morgan fingerprint density at radius 3 is 2.06 bits per heavy atom. The van der Waals surface area contributed by atoms with Crippen LogP contribution in [0.5, 0.6) is 11.5 Å². The van der Waals surface area contributed by atoms with E-state index in [4.69, 9.17) is 5.39 Å². The molecule has 1 aromatic carbocycles. The van der Waals surface area contributed by atoms with Crippen molar-refractivity contribution in [3.05, 3.63) is 31.3 Å². The van der Waals surface area contributed by atoms with E-state index in [1.165, 1.54) is 0 Å². The lowest BCUT2D eigenvalue weighted by Gasteiger charge is -2.11. The van der Waals surface area contributed by atoms with Crippen molar-refractivity contribution >= 4 is 17.1 Å². The fourth-order valence-electron chi connectivity index (χ4n) is 0.982. The molecule has 0 radical (unpaired) electrons. The maximum atomic E-state index is 11.1. The predicted octanol–water partition coefficient (Wildman–Crippen LogP) is 0.135. The third kappa shape index (κ3) is 1.52. The second kappa shape index (κ2) is 3.65. The van der Waals surface area contributed by atoms with Gasteiger partial charge in [-0.05, 0) is 0 Å². The molecule has 10 heteroatoms. The SMILES string of the molecule is N#[N+]c1cc([N+](=O)[O-])c([O-])c([N+](=O)[O-])c1[O-]. The summed E-state index contributed by atoms with van der Waals surface area (Å²) < 4.78 is 0. The van der Waals surface area contributed by atoms with Gasteiger partial charge in [-0.25, -0.2) is 0 Å². The van der Waals surface area contributed by atoms with Gasteiger partial charge in [-0.2, -0.15) is 0 Å². The molecule has 0 saturated carbocycles. The van der Waals surface area contributed by atoms with Gasteiger partial charge in [0.1, 0.15) is 6.07 Å². The Morgan fingerprint density at radius 2 is 1.69 bits per heavy atom. The predicted molar refractivity (Wildman–Crippen MR) is 43.4 cm³/mol. The topological polar surface area (TPSA) is 161 Å². The van der Waals surface area contributed by atoms with Gasteiger partial charge >= 0.3 is 5.69 Å². The maximum Gasteiger partial charge on any atom is 0.391 e. The first-order chi connectivity index (χ1) is 7.40. The van der Waals surface area contributed by atoms with Crippen LogP contribution in [0.4, 0.5) is 17.1 Å². The number of benzene rings is 1. The summed E-state index contributed by atoms with van der Waals surface area (Å²) in [5.41, 5.74) is -3.64. The van der Waals surface area contributed by atoms with E-state index in [9.17, 15) is 30.4 Å². The average molecular weight is 225 g/mol. The summed E-state index contributed by atoms with van der Waals surface area (Å²) in [5.74, 6) is -3.09. The number of hydrogen-bond acceptors (Lipinski definition) is 7. The number of rotatable bonds is 2. The van der Waals surface area contributed by atoms with Gasteiger partial charge in [0.05, 0.1) is 21.3 Å². The molecule has 10 nitrogen and oxygen atoms in total. The number of diazo groups is 1. The van der Waals surface area contributed by atoms with E-state index in [1.807, 2.05) is 0 Å². The van der Waals surface area contributed by atoms with Crippen molar-refractivity contribution in [1.82, 2.24) is 0 Å². The van der Waals surface area contributed by atoms with Gasteiger partial charge in [0.15, 0.2) is 4.98 Å². The Labute approximate surface area is 86.3 Å². The third-order valence-electron chi connectivity index (χ3n) is 1.66. The highest BCUT2D eigenvalue weighted by molar-refractivity contribution is 5.76. The van der Waals surface area contributed by atoms with Crippen molar-refractivity contribution in [2.45, 2.75) is 0 Å². The Kier molecular flexibility index (Phi) is 2.54. The van der Waals surface area contributed by atoms with Crippen molar-refractivity contribution in [2.24, 2.45) is 0 Å². The summed E-state index contributed by atoms with van der Waals surface area (Å²) in [5, 5.41) is 51.2. The second-order valence-corrected chi connectivity index (χ2v) is 2.54. The molecule has 1 aromatic rings. The number of nitrogens with zero attached hydrogens (tertiary/aromatic N) is 4. The Bertz CT molecular complexity index is 533. The van der Waals surface area contributed by atoms with Gasteiger partial charge in [0.2, 0.25) is 5.39 Å². The zero-order valence-corrected chi connectivity index (χ0v) is 7.32. The van der Waals surface area contributed by atoms with Gasteiger partial charge in [-0.15, -0.1) is 0 Å². The molecule has 0 heterocycles. The van der Waals surface area contributed by atoms with Crippen molar-refractivity contribution in [2.75, 3.05) is 0 Å². The van der Waals surface area contributed by atoms with Gasteiger partial charge in [-0.3, -0.25) is 20.2 Å². The lowest BCUT2D eigenvalue weighted by molar-refractivity contribution is -0.423. The summed E-state index contributed by atoms with van der Waals surface area (Å²) in [6.45, 7) is 0. The van der Waals surface area contributed by atoms with Crippen LogP contribution >= 0.6 is 0 Å². The molecule has 0 N–H and O–H groups in total. The number of hydrogen-bond donors (Lipinski definition) is 0. The maximum absolute atomic E-state index is 11.1. The first-order valence-corrected chi connectivity index (χ1v) is 3.59. The molecule has 82 valence electrons. The molecule has 0 aliphatic carbocycles. The summed E-state index contributed by atoms with van der Waals surface area (Å²) in [6, 6.07) is 0.373. The van der Waals surface area contributed by atoms with Crippen LogP contribution in [-0.4, -0.2) is 9.85 Å². The van der Waals surface area contributed by atoms with Crippen LogP contribution < -0.4 is 10.2 Å². The largest absolute Gasteiger partial charge is 0.863 e. The van der Waals surface area contributed by atoms with Crippen LogP contribution in [0.3, 0.4) is 0 Å². The summed E-state index contributed by atoms with van der Waals surface area (Å²) in [6.07, 6.45) is 0. The van der Waals surface area contributed by atoms with E-state index >= 15 is 0 Å². The van der Waals surface area contributed by atoms with E-state index < -0.39 is 38.4 Å². The zero-order chi connectivity index (χ0) is 12.5. The van der Waals surface area contributed by atoms with Crippen molar-refractivity contribution in [3.8, 4) is 11.5 Å². The molecule has 0 fully saturated rings. The fourth-order valence-corrected chi connectivity index (χ4v) is 0.982. The first kappa shape index (κ1) is 11.1. The minimum absolute atomic E-state index is 0.373. The Balaban J connectivity index is 3.73. The minimum Gasteiger partial charge on any atom is -0.863 e. The van der Waals surface area contributed by atoms with Gasteiger partial charge in [0.25, 0.3) is 11.4 Å². The van der Waals surface area contributed by atoms with Crippen LogP contribution in [0.15, 0.2) is 6.07 Å². The lowest BCUT2D eigenvalue weighted by Crippen LogP contribution is -2.06. The highest BCUT2D eigenvalue weighted by atomic mass is 16.6. The van der Waals surface area contributed by atoms with Crippen LogP contribution in [0.2, 0.25) is 0 Å². The van der Waals surface area contributed by atoms with Crippen LogP contribution in [0, 0.1) is 25.6 Å². The van der Waals surface area contributed by atoms with Crippen LogP contribution in [-0.2, 0) is 0 Å². The summed E-state index contributed by atoms with van der Waals surface area (Å²) >= 11 is 0. The molecule has 0 aliphatic heterocycles. The molecule has 0 atom stereocenters. The molecule has 0 amide bonds. The van der Waals surface area contributed by atoms with E-state index in [2.05, 4.69) is 4.98 Å². The quantitative estimate of drug-likeness (QED) is 0.392. The third-order valence-corrected chi connectivity index (χ3v) is 1.66. The van der Waals surface area contributed by atoms with Gasteiger partial charge in [-0.1, -0.05) is 0 Å². The molecule has 0 spiro atoms. The first-order valence-electron chi connectivity index (χ1n) is 3.59. The molecule has 0 aromatic heterocycles. The zero-order valence-electron chi connectivity index (χ0n) is 7.32. The van der Waals surface area contributed by atoms with Gasteiger partial charge < -0.3 is 10.2 Å². The minimum atomic E-state index is -1.62. The molecule has 0 aliphatic rings. The molecule has 1 rings (SSSR count). The molecule has 0 saturated heterocycles. The smallest absolute Gasteiger partial charge is 0.391 e. The van der Waals surface area contributed by atoms with E-state index in [0.29, 0.717) is 6.07 Å². The molecular weight excluding hydrogens is 224 g/mol. The molecular formula is C6HN4O6-. The number of nitro groups is 2. The highest BCUT2D eigenvalue weighted by Crippen LogP contribution is 2.44. The van der Waals surface area contributed by atoms with Crippen LogP contribution in [0.25, 0.3) is 4.98 Å². The summed E-state index contributed by atoms with van der Waals surface area (Å²) in [4.78, 5) is 20.5. The Hall–Kier alpha value is -2.96. The highest BCUT2D eigenvalue weighted by Gasteiger charge is 2.27. The Morgan fingerprint density at radius 1 is 1.12 bits per heavy atom.